The van der Waals surface area contributed by atoms with Gasteiger partial charge in [-0.1, -0.05) is 30.3 Å². The highest BCUT2D eigenvalue weighted by molar-refractivity contribution is 5.76. The number of anilines is 1. The highest BCUT2D eigenvalue weighted by Gasteiger charge is 2.24. The van der Waals surface area contributed by atoms with E-state index in [0.29, 0.717) is 12.3 Å². The molecule has 0 aliphatic carbocycles. The van der Waals surface area contributed by atoms with Crippen LogP contribution in [0.25, 0.3) is 0 Å². The number of nitrogens with zero attached hydrogens (tertiary/aromatic N) is 5. The van der Waals surface area contributed by atoms with E-state index in [9.17, 15) is 4.79 Å². The summed E-state index contributed by atoms with van der Waals surface area (Å²) in [6.07, 6.45) is 4.97. The lowest BCUT2D eigenvalue weighted by Crippen LogP contribution is -2.36. The van der Waals surface area contributed by atoms with E-state index in [1.54, 1.807) is 6.33 Å². The zero-order chi connectivity index (χ0) is 20.6. The van der Waals surface area contributed by atoms with Crippen molar-refractivity contribution in [2.75, 3.05) is 52.2 Å². The Kier molecular flexibility index (Phi) is 7.58. The highest BCUT2D eigenvalue weighted by atomic mass is 16.2. The maximum Gasteiger partial charge on any atom is 0.222 e. The molecule has 0 spiro atoms. The van der Waals surface area contributed by atoms with Gasteiger partial charge in [0.25, 0.3) is 0 Å². The van der Waals surface area contributed by atoms with Crippen molar-refractivity contribution in [3.63, 3.8) is 0 Å². The van der Waals surface area contributed by atoms with Gasteiger partial charge in [-0.15, -0.1) is 0 Å². The number of hydrogen-bond acceptors (Lipinski definition) is 5. The molecule has 1 saturated heterocycles. The van der Waals surface area contributed by atoms with Gasteiger partial charge in [-0.2, -0.15) is 0 Å². The van der Waals surface area contributed by atoms with Gasteiger partial charge < -0.3 is 14.7 Å². The first kappa shape index (κ1) is 21.2. The monoisotopic (exact) mass is 395 g/mol. The third-order valence-corrected chi connectivity index (χ3v) is 5.52. The molecule has 1 atom stereocenters. The molecular formula is C23H33N5O. The van der Waals surface area contributed by atoms with Crippen LogP contribution in [-0.4, -0.2) is 73.0 Å². The summed E-state index contributed by atoms with van der Waals surface area (Å²) in [6, 6.07) is 12.5. The average Bonchev–Trinajstić information content (AvgIpc) is 2.90. The van der Waals surface area contributed by atoms with E-state index in [4.69, 9.17) is 0 Å². The molecule has 1 aromatic carbocycles. The van der Waals surface area contributed by atoms with E-state index < -0.39 is 0 Å². The van der Waals surface area contributed by atoms with E-state index in [1.165, 1.54) is 5.56 Å². The van der Waals surface area contributed by atoms with E-state index in [-0.39, 0.29) is 5.91 Å². The topological polar surface area (TPSA) is 52.6 Å². The molecule has 1 fully saturated rings. The molecule has 1 amide bonds. The van der Waals surface area contributed by atoms with Crippen LogP contribution in [0, 0.1) is 5.92 Å². The fourth-order valence-corrected chi connectivity index (χ4v) is 3.92. The number of benzene rings is 1. The van der Waals surface area contributed by atoms with Crippen molar-refractivity contribution in [3.8, 4) is 0 Å². The number of aromatic nitrogens is 2. The molecule has 0 bridgehead atoms. The van der Waals surface area contributed by atoms with Crippen molar-refractivity contribution in [1.82, 2.24) is 19.8 Å². The predicted octanol–water partition coefficient (Wildman–Crippen LogP) is 2.50. The minimum atomic E-state index is 0.276. The summed E-state index contributed by atoms with van der Waals surface area (Å²) in [5, 5.41) is 0. The second-order valence-corrected chi connectivity index (χ2v) is 8.27. The number of carbonyl (C=O) groups is 1. The summed E-state index contributed by atoms with van der Waals surface area (Å²) in [4.78, 5) is 28.0. The maximum absolute atomic E-state index is 12.9. The number of amides is 1. The van der Waals surface area contributed by atoms with Crippen LogP contribution < -0.4 is 4.90 Å². The van der Waals surface area contributed by atoms with Crippen molar-refractivity contribution < 1.29 is 4.79 Å². The van der Waals surface area contributed by atoms with Crippen LogP contribution >= 0.6 is 0 Å². The standard InChI is InChI=1S/C23H33N5O/c1-26(2)22-15-21(24-18-25-22)14-20-16-27(3)12-13-28(17-20)23(29)11-7-10-19-8-5-4-6-9-19/h4-6,8-9,15,18,20H,7,10-14,16-17H2,1-3H3/t20-/m1/s1. The summed E-state index contributed by atoms with van der Waals surface area (Å²) < 4.78 is 0. The van der Waals surface area contributed by atoms with Gasteiger partial charge in [0.05, 0.1) is 0 Å². The van der Waals surface area contributed by atoms with Crippen LogP contribution in [-0.2, 0) is 17.6 Å². The Morgan fingerprint density at radius 2 is 1.93 bits per heavy atom. The fraction of sp³-hybridized carbons (Fsp3) is 0.522. The van der Waals surface area contributed by atoms with Gasteiger partial charge in [0.15, 0.2) is 0 Å². The van der Waals surface area contributed by atoms with E-state index in [0.717, 1.165) is 57.0 Å². The Balaban J connectivity index is 1.57. The van der Waals surface area contributed by atoms with Crippen molar-refractivity contribution in [2.45, 2.75) is 25.7 Å². The normalized spacial score (nSPS) is 17.8. The lowest BCUT2D eigenvalue weighted by molar-refractivity contribution is -0.131. The van der Waals surface area contributed by atoms with Gasteiger partial charge >= 0.3 is 0 Å². The van der Waals surface area contributed by atoms with Crippen LogP contribution in [0.4, 0.5) is 5.82 Å². The molecule has 1 aromatic heterocycles. The van der Waals surface area contributed by atoms with Crippen LogP contribution in [0.5, 0.6) is 0 Å². The second kappa shape index (κ2) is 10.3. The number of likely N-dealkylation sites (N-methyl/N-ethyl adjacent to an activating group) is 1. The maximum atomic E-state index is 12.9. The molecule has 3 rings (SSSR count). The minimum absolute atomic E-state index is 0.276. The summed E-state index contributed by atoms with van der Waals surface area (Å²) >= 11 is 0. The lowest BCUT2D eigenvalue weighted by Gasteiger charge is -2.24. The molecule has 1 aliphatic heterocycles. The molecule has 1 aliphatic rings. The van der Waals surface area contributed by atoms with Gasteiger partial charge in [-0.05, 0) is 37.8 Å². The summed E-state index contributed by atoms with van der Waals surface area (Å²) in [7, 11) is 6.12. The molecule has 0 N–H and O–H groups in total. The zero-order valence-corrected chi connectivity index (χ0v) is 17.9. The summed E-state index contributed by atoms with van der Waals surface area (Å²) in [5.74, 6) is 1.58. The molecule has 6 nitrogen and oxygen atoms in total. The van der Waals surface area contributed by atoms with Crippen molar-refractivity contribution in [1.29, 1.82) is 0 Å². The smallest absolute Gasteiger partial charge is 0.222 e. The first-order chi connectivity index (χ1) is 14.0. The second-order valence-electron chi connectivity index (χ2n) is 8.27. The third-order valence-electron chi connectivity index (χ3n) is 5.52. The SMILES string of the molecule is CN1CCN(C(=O)CCCc2ccccc2)C[C@H](Cc2cc(N(C)C)ncn2)C1. The molecular weight excluding hydrogens is 362 g/mol. The first-order valence-corrected chi connectivity index (χ1v) is 10.5. The highest BCUT2D eigenvalue weighted by Crippen LogP contribution is 2.17. The van der Waals surface area contributed by atoms with Crippen LogP contribution in [0.15, 0.2) is 42.7 Å². The molecule has 2 aromatic rings. The molecule has 156 valence electrons. The minimum Gasteiger partial charge on any atom is -0.363 e. The van der Waals surface area contributed by atoms with E-state index >= 15 is 0 Å². The van der Waals surface area contributed by atoms with Crippen LogP contribution in [0.2, 0.25) is 0 Å². The molecule has 2 heterocycles. The number of carbonyl (C=O) groups excluding carboxylic acids is 1. The Bertz CT molecular complexity index is 780. The quantitative estimate of drug-likeness (QED) is 0.721. The Hall–Kier alpha value is -2.47. The fourth-order valence-electron chi connectivity index (χ4n) is 3.92. The Labute approximate surface area is 174 Å². The van der Waals surface area contributed by atoms with Crippen LogP contribution in [0.1, 0.15) is 24.1 Å². The molecule has 0 saturated carbocycles. The molecule has 0 radical (unpaired) electrons. The van der Waals surface area contributed by atoms with Crippen molar-refractivity contribution in [2.24, 2.45) is 5.92 Å². The van der Waals surface area contributed by atoms with Gasteiger partial charge in [-0.3, -0.25) is 4.79 Å². The third kappa shape index (κ3) is 6.53. The van der Waals surface area contributed by atoms with Crippen molar-refractivity contribution in [3.05, 3.63) is 54.0 Å². The molecule has 0 unspecified atom stereocenters. The summed E-state index contributed by atoms with van der Waals surface area (Å²) in [6.45, 7) is 3.52. The Morgan fingerprint density at radius 3 is 2.69 bits per heavy atom. The van der Waals surface area contributed by atoms with Gasteiger partial charge in [0.2, 0.25) is 5.91 Å². The van der Waals surface area contributed by atoms with Gasteiger partial charge in [0, 0.05) is 58.5 Å². The number of hydrogen-bond donors (Lipinski definition) is 0. The Morgan fingerprint density at radius 1 is 1.14 bits per heavy atom. The average molecular weight is 396 g/mol. The zero-order valence-electron chi connectivity index (χ0n) is 17.9. The summed E-state index contributed by atoms with van der Waals surface area (Å²) in [5.41, 5.74) is 2.34. The van der Waals surface area contributed by atoms with E-state index in [2.05, 4.69) is 57.1 Å². The predicted molar refractivity (Wildman–Crippen MR) is 117 cm³/mol. The largest absolute Gasteiger partial charge is 0.363 e. The molecule has 29 heavy (non-hydrogen) atoms. The number of rotatable bonds is 7. The lowest BCUT2D eigenvalue weighted by atomic mass is 10.0. The molecule has 6 heteroatoms. The number of aryl methyl sites for hydroxylation is 1. The van der Waals surface area contributed by atoms with Crippen LogP contribution in [0.3, 0.4) is 0 Å². The first-order valence-electron chi connectivity index (χ1n) is 10.5. The van der Waals surface area contributed by atoms with Crippen molar-refractivity contribution >= 4 is 11.7 Å². The van der Waals surface area contributed by atoms with Gasteiger partial charge in [0.1, 0.15) is 12.1 Å². The van der Waals surface area contributed by atoms with E-state index in [1.807, 2.05) is 25.1 Å². The van der Waals surface area contributed by atoms with Gasteiger partial charge in [-0.25, -0.2) is 9.97 Å².